The summed E-state index contributed by atoms with van der Waals surface area (Å²) < 4.78 is 5.92. The van der Waals surface area contributed by atoms with E-state index in [4.69, 9.17) is 4.74 Å². The third kappa shape index (κ3) is 4.41. The Morgan fingerprint density at radius 3 is 2.86 bits per heavy atom. The lowest BCUT2D eigenvalue weighted by atomic mass is 10.1. The van der Waals surface area contributed by atoms with E-state index in [0.717, 1.165) is 4.70 Å². The monoisotopic (exact) mass is 411 g/mol. The third-order valence-corrected chi connectivity index (χ3v) is 5.19. The quantitative estimate of drug-likeness (QED) is 0.264. The van der Waals surface area contributed by atoms with E-state index in [1.807, 2.05) is 0 Å². The van der Waals surface area contributed by atoms with Gasteiger partial charge in [0, 0.05) is 27.8 Å². The van der Waals surface area contributed by atoms with Crippen LogP contribution in [0.2, 0.25) is 0 Å². The Morgan fingerprint density at radius 2 is 2.17 bits per heavy atom. The molecule has 1 amide bonds. The molecular weight excluding hydrogens is 394 g/mol. The van der Waals surface area contributed by atoms with Gasteiger partial charge in [0.25, 0.3) is 11.6 Å². The van der Waals surface area contributed by atoms with Crippen molar-refractivity contribution in [2.45, 2.75) is 6.42 Å². The molecule has 0 unspecified atom stereocenters. The summed E-state index contributed by atoms with van der Waals surface area (Å²) in [7, 11) is 1.45. The molecule has 1 aromatic heterocycles. The van der Waals surface area contributed by atoms with E-state index in [1.165, 1.54) is 36.8 Å². The first-order valence-electron chi connectivity index (χ1n) is 8.45. The molecule has 1 heterocycles. The lowest BCUT2D eigenvalue weighted by Gasteiger charge is -2.09. The number of hydrazone groups is 1. The highest BCUT2D eigenvalue weighted by atomic mass is 32.1. The van der Waals surface area contributed by atoms with Gasteiger partial charge in [0.1, 0.15) is 0 Å². The summed E-state index contributed by atoms with van der Waals surface area (Å²) in [5.41, 5.74) is 3.65. The smallest absolute Gasteiger partial charge is 0.281 e. The van der Waals surface area contributed by atoms with E-state index < -0.39 is 10.8 Å². The number of hydrogen-bond acceptors (Lipinski definition) is 7. The van der Waals surface area contributed by atoms with Crippen molar-refractivity contribution in [1.82, 2.24) is 5.43 Å². The Hall–Kier alpha value is -3.72. The number of carbonyl (C=O) groups excluding carboxylic acids is 1. The molecular formula is C20H17N3O5S. The number of fused-ring (bicyclic) bond motifs is 1. The van der Waals surface area contributed by atoms with E-state index in [1.54, 1.807) is 30.3 Å². The molecule has 0 saturated heterocycles. The topological polar surface area (TPSA) is 114 Å². The van der Waals surface area contributed by atoms with Gasteiger partial charge in [-0.15, -0.1) is 17.9 Å². The number of ether oxygens (including phenoxy) is 1. The van der Waals surface area contributed by atoms with E-state index in [9.17, 15) is 20.0 Å². The molecule has 2 N–H and O–H groups in total. The van der Waals surface area contributed by atoms with Crippen LogP contribution in [0.3, 0.4) is 0 Å². The lowest BCUT2D eigenvalue weighted by Crippen LogP contribution is -2.16. The minimum absolute atomic E-state index is 0.0307. The van der Waals surface area contributed by atoms with E-state index >= 15 is 0 Å². The summed E-state index contributed by atoms with van der Waals surface area (Å²) >= 11 is 1.22. The van der Waals surface area contributed by atoms with Gasteiger partial charge in [-0.3, -0.25) is 14.9 Å². The maximum absolute atomic E-state index is 12.3. The molecule has 8 nitrogen and oxygen atoms in total. The fourth-order valence-corrected chi connectivity index (χ4v) is 3.64. The fraction of sp³-hybridized carbons (Fsp3) is 0.100. The normalized spacial score (nSPS) is 10.9. The Kier molecular flexibility index (Phi) is 5.89. The van der Waals surface area contributed by atoms with Crippen molar-refractivity contribution in [1.29, 1.82) is 0 Å². The lowest BCUT2D eigenvalue weighted by molar-refractivity contribution is -0.384. The highest BCUT2D eigenvalue weighted by Gasteiger charge is 2.13. The van der Waals surface area contributed by atoms with Crippen molar-refractivity contribution >= 4 is 39.2 Å². The number of rotatable bonds is 7. The van der Waals surface area contributed by atoms with Gasteiger partial charge < -0.3 is 9.84 Å². The van der Waals surface area contributed by atoms with Crippen LogP contribution in [0.5, 0.6) is 11.5 Å². The van der Waals surface area contributed by atoms with Crippen LogP contribution in [-0.4, -0.2) is 29.3 Å². The summed E-state index contributed by atoms with van der Waals surface area (Å²) in [5, 5.41) is 25.5. The second kappa shape index (κ2) is 8.53. The van der Waals surface area contributed by atoms with Crippen molar-refractivity contribution in [3.05, 3.63) is 75.2 Å². The highest BCUT2D eigenvalue weighted by Crippen LogP contribution is 2.31. The van der Waals surface area contributed by atoms with Gasteiger partial charge in [-0.1, -0.05) is 6.08 Å². The number of amides is 1. The minimum atomic E-state index is -0.478. The van der Waals surface area contributed by atoms with Crippen molar-refractivity contribution < 1.29 is 19.6 Å². The number of nitro groups is 1. The molecule has 0 aliphatic rings. The van der Waals surface area contributed by atoms with Crippen LogP contribution >= 0.6 is 11.3 Å². The Labute approximate surface area is 169 Å². The van der Waals surface area contributed by atoms with Crippen LogP contribution in [0.1, 0.15) is 20.8 Å². The number of non-ortho nitro benzene ring substituents is 1. The predicted molar refractivity (Wildman–Crippen MR) is 112 cm³/mol. The van der Waals surface area contributed by atoms with Crippen LogP contribution in [0.25, 0.3) is 10.1 Å². The third-order valence-electron chi connectivity index (χ3n) is 4.07. The molecule has 0 bridgehead atoms. The van der Waals surface area contributed by atoms with Gasteiger partial charge in [0.05, 0.1) is 23.1 Å². The van der Waals surface area contributed by atoms with Crippen molar-refractivity contribution in [3.63, 3.8) is 0 Å². The van der Waals surface area contributed by atoms with Gasteiger partial charge in [0.2, 0.25) is 0 Å². The number of hydrogen-bond donors (Lipinski definition) is 2. The number of benzene rings is 2. The number of nitrogens with zero attached hydrogens (tertiary/aromatic N) is 2. The van der Waals surface area contributed by atoms with E-state index in [-0.39, 0.29) is 11.4 Å². The second-order valence-electron chi connectivity index (χ2n) is 6.01. The molecule has 0 atom stereocenters. The first kappa shape index (κ1) is 20.0. The Morgan fingerprint density at radius 1 is 1.38 bits per heavy atom. The highest BCUT2D eigenvalue weighted by molar-refractivity contribution is 7.20. The standard InChI is InChI=1S/C20H17N3O5S/c1-3-4-13-7-12(8-16(28-2)19(13)24)11-21-22-20(25)18-10-14-9-15(23(26)27)5-6-17(14)29-18/h3,5-11,24H,1,4H2,2H3,(H,22,25). The molecule has 0 spiro atoms. The number of allylic oxidation sites excluding steroid dienone is 1. The average Bonchev–Trinajstić information content (AvgIpc) is 3.13. The number of phenolic OH excluding ortho intramolecular Hbond substituents is 1. The molecule has 0 saturated carbocycles. The van der Waals surface area contributed by atoms with Gasteiger partial charge in [-0.25, -0.2) is 5.43 Å². The Bertz CT molecular complexity index is 1140. The molecule has 148 valence electrons. The molecule has 0 aliphatic heterocycles. The Balaban J connectivity index is 1.77. The average molecular weight is 411 g/mol. The summed E-state index contributed by atoms with van der Waals surface area (Å²) in [4.78, 5) is 23.1. The molecule has 3 rings (SSSR count). The predicted octanol–water partition coefficient (Wildman–Crippen LogP) is 4.02. The van der Waals surface area contributed by atoms with Gasteiger partial charge in [-0.2, -0.15) is 5.10 Å². The molecule has 0 aliphatic carbocycles. The number of aromatic hydroxyl groups is 1. The van der Waals surface area contributed by atoms with Crippen molar-refractivity contribution in [2.24, 2.45) is 5.10 Å². The summed E-state index contributed by atoms with van der Waals surface area (Å²) in [6.07, 6.45) is 3.54. The minimum Gasteiger partial charge on any atom is -0.504 e. The van der Waals surface area contributed by atoms with E-state index in [0.29, 0.717) is 33.6 Å². The maximum Gasteiger partial charge on any atom is 0.281 e. The molecule has 9 heteroatoms. The van der Waals surface area contributed by atoms with Gasteiger partial charge in [-0.05, 0) is 36.2 Å². The number of nitro benzene ring substituents is 1. The maximum atomic E-state index is 12.3. The SMILES string of the molecule is C=CCc1cc(C=NNC(=O)c2cc3cc([N+](=O)[O-])ccc3s2)cc(OC)c1O. The first-order chi connectivity index (χ1) is 13.9. The van der Waals surface area contributed by atoms with Gasteiger partial charge in [0.15, 0.2) is 11.5 Å². The second-order valence-corrected chi connectivity index (χ2v) is 7.10. The first-order valence-corrected chi connectivity index (χ1v) is 9.26. The molecule has 2 aromatic carbocycles. The molecule has 29 heavy (non-hydrogen) atoms. The number of phenols is 1. The van der Waals surface area contributed by atoms with Crippen LogP contribution < -0.4 is 10.2 Å². The van der Waals surface area contributed by atoms with Crippen LogP contribution in [0.4, 0.5) is 5.69 Å². The number of methoxy groups -OCH3 is 1. The zero-order valence-corrected chi connectivity index (χ0v) is 16.2. The largest absolute Gasteiger partial charge is 0.504 e. The fourth-order valence-electron chi connectivity index (χ4n) is 2.71. The number of carbonyl (C=O) groups is 1. The summed E-state index contributed by atoms with van der Waals surface area (Å²) in [6, 6.07) is 9.34. The van der Waals surface area contributed by atoms with Crippen LogP contribution in [-0.2, 0) is 6.42 Å². The summed E-state index contributed by atoms with van der Waals surface area (Å²) in [5.74, 6) is -0.0988. The zero-order valence-electron chi connectivity index (χ0n) is 15.4. The number of thiophene rings is 1. The van der Waals surface area contributed by atoms with Crippen molar-refractivity contribution in [2.75, 3.05) is 7.11 Å². The van der Waals surface area contributed by atoms with Crippen LogP contribution in [0.15, 0.2) is 54.2 Å². The molecule has 0 fully saturated rings. The zero-order chi connectivity index (χ0) is 21.0. The van der Waals surface area contributed by atoms with E-state index in [2.05, 4.69) is 17.1 Å². The summed E-state index contributed by atoms with van der Waals surface area (Å²) in [6.45, 7) is 3.66. The number of nitrogens with one attached hydrogen (secondary N) is 1. The van der Waals surface area contributed by atoms with Crippen LogP contribution in [0, 0.1) is 10.1 Å². The molecule has 0 radical (unpaired) electrons. The molecule has 3 aromatic rings. The van der Waals surface area contributed by atoms with Gasteiger partial charge >= 0.3 is 0 Å². The van der Waals surface area contributed by atoms with Crippen molar-refractivity contribution in [3.8, 4) is 11.5 Å².